The molecule has 0 saturated carbocycles. The predicted octanol–water partition coefficient (Wildman–Crippen LogP) is 3.77. The van der Waals surface area contributed by atoms with Crippen LogP contribution in [0.4, 0.5) is 40.2 Å². The molecule has 12 nitrogen and oxygen atoms in total. The van der Waals surface area contributed by atoms with Gasteiger partial charge in [0.05, 0.1) is 41.8 Å². The van der Waals surface area contributed by atoms with Gasteiger partial charge in [0.25, 0.3) is 0 Å². The molecular formula is C27H36N8O4S. The van der Waals surface area contributed by atoms with Crippen LogP contribution in [0.2, 0.25) is 0 Å². The minimum absolute atomic E-state index is 0.259. The van der Waals surface area contributed by atoms with Crippen molar-refractivity contribution in [1.82, 2.24) is 14.9 Å². The molecule has 1 heterocycles. The van der Waals surface area contributed by atoms with Crippen LogP contribution >= 0.6 is 0 Å². The Balaban J connectivity index is 1.97. The summed E-state index contributed by atoms with van der Waals surface area (Å²) in [5.41, 5.74) is 3.50. The topological polar surface area (TPSA) is 141 Å². The van der Waals surface area contributed by atoms with E-state index in [1.165, 1.54) is 6.08 Å². The number of anilines is 7. The second kappa shape index (κ2) is 13.1. The van der Waals surface area contributed by atoms with Gasteiger partial charge in [-0.1, -0.05) is 18.7 Å². The van der Waals surface area contributed by atoms with Gasteiger partial charge in [0, 0.05) is 38.0 Å². The van der Waals surface area contributed by atoms with Crippen molar-refractivity contribution in [1.29, 1.82) is 0 Å². The Kier molecular flexibility index (Phi) is 9.91. The minimum Gasteiger partial charge on any atom is -0.494 e. The second-order valence-corrected chi connectivity index (χ2v) is 11.1. The van der Waals surface area contributed by atoms with Gasteiger partial charge in [0.1, 0.15) is 11.6 Å². The summed E-state index contributed by atoms with van der Waals surface area (Å²) in [7, 11) is 4.00. The number of amides is 1. The molecule has 2 aromatic carbocycles. The molecular weight excluding hydrogens is 532 g/mol. The van der Waals surface area contributed by atoms with Crippen molar-refractivity contribution >= 4 is 56.1 Å². The number of methoxy groups -OCH3 is 1. The third-order valence-corrected chi connectivity index (χ3v) is 6.34. The van der Waals surface area contributed by atoms with Gasteiger partial charge in [0.15, 0.2) is 0 Å². The van der Waals surface area contributed by atoms with E-state index in [4.69, 9.17) is 4.74 Å². The van der Waals surface area contributed by atoms with E-state index in [0.29, 0.717) is 40.9 Å². The Bertz CT molecular complexity index is 1480. The van der Waals surface area contributed by atoms with Gasteiger partial charge < -0.3 is 30.5 Å². The lowest BCUT2D eigenvalue weighted by Gasteiger charge is -2.26. The lowest BCUT2D eigenvalue weighted by molar-refractivity contribution is -0.111. The molecule has 0 fully saturated rings. The lowest BCUT2D eigenvalue weighted by Crippen LogP contribution is -2.29. The summed E-state index contributed by atoms with van der Waals surface area (Å²) in [5, 5.41) is 9.22. The fraction of sp³-hybridized carbons (Fsp3) is 0.296. The Morgan fingerprint density at radius 1 is 1.05 bits per heavy atom. The molecule has 3 rings (SSSR count). The molecule has 13 heteroatoms. The van der Waals surface area contributed by atoms with Gasteiger partial charge >= 0.3 is 0 Å². The zero-order valence-electron chi connectivity index (χ0n) is 23.6. The van der Waals surface area contributed by atoms with Crippen LogP contribution in [0.15, 0.2) is 55.3 Å². The molecule has 0 spiro atoms. The van der Waals surface area contributed by atoms with Crippen LogP contribution in [-0.4, -0.2) is 76.8 Å². The van der Waals surface area contributed by atoms with Crippen LogP contribution in [0.3, 0.4) is 0 Å². The van der Waals surface area contributed by atoms with Gasteiger partial charge in [-0.25, -0.2) is 13.4 Å². The maximum Gasteiger partial charge on any atom is 0.247 e. The first-order valence-corrected chi connectivity index (χ1v) is 14.2. The largest absolute Gasteiger partial charge is 0.494 e. The zero-order chi connectivity index (χ0) is 29.4. The second-order valence-electron chi connectivity index (χ2n) is 9.38. The molecule has 0 radical (unpaired) electrons. The molecule has 1 amide bonds. The number of ether oxygens (including phenoxy) is 1. The van der Waals surface area contributed by atoms with Gasteiger partial charge in [-0.3, -0.25) is 9.52 Å². The number of rotatable bonds is 13. The third-order valence-electron chi connectivity index (χ3n) is 5.75. The van der Waals surface area contributed by atoms with Crippen molar-refractivity contribution in [2.75, 3.05) is 73.2 Å². The molecule has 3 aromatic rings. The number of carbonyl (C=O) groups excluding carboxylic acids is 1. The van der Waals surface area contributed by atoms with Crippen LogP contribution in [0.1, 0.15) is 5.56 Å². The number of para-hydroxylation sites is 2. The highest BCUT2D eigenvalue weighted by atomic mass is 32.2. The Hall–Kier alpha value is -4.36. The fourth-order valence-corrected chi connectivity index (χ4v) is 4.24. The van der Waals surface area contributed by atoms with E-state index >= 15 is 0 Å². The van der Waals surface area contributed by atoms with E-state index in [-0.39, 0.29) is 11.9 Å². The highest BCUT2D eigenvalue weighted by molar-refractivity contribution is 7.92. The fourth-order valence-electron chi connectivity index (χ4n) is 3.66. The van der Waals surface area contributed by atoms with Crippen molar-refractivity contribution in [3.63, 3.8) is 0 Å². The lowest BCUT2D eigenvalue weighted by atomic mass is 10.2. The third kappa shape index (κ3) is 8.32. The van der Waals surface area contributed by atoms with Crippen molar-refractivity contribution in [3.8, 4) is 5.75 Å². The van der Waals surface area contributed by atoms with E-state index in [1.807, 2.05) is 39.0 Å². The van der Waals surface area contributed by atoms with Crippen LogP contribution in [-0.2, 0) is 14.8 Å². The molecule has 0 aliphatic carbocycles. The summed E-state index contributed by atoms with van der Waals surface area (Å²) < 4.78 is 31.8. The number of hydrogen-bond acceptors (Lipinski definition) is 10. The van der Waals surface area contributed by atoms with E-state index in [1.54, 1.807) is 43.6 Å². The molecule has 0 bridgehead atoms. The summed E-state index contributed by atoms with van der Waals surface area (Å²) in [4.78, 5) is 25.3. The Labute approximate surface area is 235 Å². The normalized spacial score (nSPS) is 11.1. The average Bonchev–Trinajstić information content (AvgIpc) is 2.89. The predicted molar refractivity (Wildman–Crippen MR) is 162 cm³/mol. The quantitative estimate of drug-likeness (QED) is 0.225. The number of carbonyl (C=O) groups is 1. The average molecular weight is 569 g/mol. The molecule has 214 valence electrons. The molecule has 0 aliphatic heterocycles. The van der Waals surface area contributed by atoms with Crippen LogP contribution in [0, 0.1) is 6.92 Å². The molecule has 0 aliphatic rings. The molecule has 4 N–H and O–H groups in total. The SMILES string of the molecule is C=CC(=O)Nc1cc(Nc2ncc(C)c(Nc3ccccc3NS(C)(=O)=O)n2)c(OC)cc1N(C)CCN(C)C. The van der Waals surface area contributed by atoms with Gasteiger partial charge in [-0.2, -0.15) is 4.98 Å². The number of hydrogen-bond donors (Lipinski definition) is 4. The van der Waals surface area contributed by atoms with Crippen LogP contribution in [0.5, 0.6) is 5.75 Å². The van der Waals surface area contributed by atoms with Crippen molar-refractivity contribution in [2.45, 2.75) is 6.92 Å². The molecule has 1 aromatic heterocycles. The standard InChI is InChI=1S/C27H36N8O4S/c1-8-25(36)29-21-15-22(24(39-6)16-23(21)35(5)14-13-34(3)4)31-27-28-17-18(2)26(32-27)30-19-11-9-10-12-20(19)33-40(7,37)38/h8-12,15-17,33H,1,13-14H2,2-7H3,(H,29,36)(H2,28,30,31,32). The molecule has 0 unspecified atom stereocenters. The van der Waals surface area contributed by atoms with E-state index < -0.39 is 10.0 Å². The van der Waals surface area contributed by atoms with Crippen molar-refractivity contribution < 1.29 is 17.9 Å². The summed E-state index contributed by atoms with van der Waals surface area (Å²) in [6, 6.07) is 10.5. The smallest absolute Gasteiger partial charge is 0.247 e. The number of benzene rings is 2. The highest BCUT2D eigenvalue weighted by Crippen LogP contribution is 2.38. The minimum atomic E-state index is -3.48. The number of likely N-dealkylation sites (N-methyl/N-ethyl adjacent to an activating group) is 2. The van der Waals surface area contributed by atoms with Crippen LogP contribution in [0.25, 0.3) is 0 Å². The zero-order valence-corrected chi connectivity index (χ0v) is 24.4. The van der Waals surface area contributed by atoms with Gasteiger partial charge in [0.2, 0.25) is 21.9 Å². The maximum absolute atomic E-state index is 12.2. The number of aryl methyl sites for hydroxylation is 1. The monoisotopic (exact) mass is 568 g/mol. The molecule has 40 heavy (non-hydrogen) atoms. The maximum atomic E-state index is 12.2. The summed E-state index contributed by atoms with van der Waals surface area (Å²) in [5.74, 6) is 0.900. The van der Waals surface area contributed by atoms with E-state index in [9.17, 15) is 13.2 Å². The number of aromatic nitrogens is 2. The number of nitrogens with one attached hydrogen (secondary N) is 4. The van der Waals surface area contributed by atoms with Crippen LogP contribution < -0.4 is 30.3 Å². The highest BCUT2D eigenvalue weighted by Gasteiger charge is 2.17. The Morgan fingerprint density at radius 3 is 2.38 bits per heavy atom. The number of nitrogens with zero attached hydrogens (tertiary/aromatic N) is 4. The first kappa shape index (κ1) is 30.2. The molecule has 0 saturated heterocycles. The first-order valence-electron chi connectivity index (χ1n) is 12.4. The van der Waals surface area contributed by atoms with Gasteiger partial charge in [-0.15, -0.1) is 0 Å². The van der Waals surface area contributed by atoms with Crippen molar-refractivity contribution in [2.24, 2.45) is 0 Å². The van der Waals surface area contributed by atoms with Gasteiger partial charge in [-0.05, 0) is 45.3 Å². The number of sulfonamides is 1. The Morgan fingerprint density at radius 2 is 1.75 bits per heavy atom. The van der Waals surface area contributed by atoms with E-state index in [0.717, 1.165) is 24.1 Å². The van der Waals surface area contributed by atoms with E-state index in [2.05, 4.69) is 42.1 Å². The summed E-state index contributed by atoms with van der Waals surface area (Å²) >= 11 is 0. The molecule has 0 atom stereocenters. The summed E-state index contributed by atoms with van der Waals surface area (Å²) in [6.45, 7) is 6.91. The first-order chi connectivity index (χ1) is 18.9. The van der Waals surface area contributed by atoms with Crippen molar-refractivity contribution in [3.05, 3.63) is 60.8 Å². The summed E-state index contributed by atoms with van der Waals surface area (Å²) in [6.07, 6.45) is 3.94.